The highest BCUT2D eigenvalue weighted by molar-refractivity contribution is 7.35. The van der Waals surface area contributed by atoms with Crippen LogP contribution in [0, 0.1) is 5.92 Å². The molecule has 0 aliphatic heterocycles. The molecule has 0 N–H and O–H groups in total. The van der Waals surface area contributed by atoms with Gasteiger partial charge < -0.3 is 9.47 Å². The zero-order valence-electron chi connectivity index (χ0n) is 12.8. The van der Waals surface area contributed by atoms with Gasteiger partial charge in [-0.05, 0) is 38.4 Å². The highest BCUT2D eigenvalue weighted by Crippen LogP contribution is 2.32. The molecule has 22 heavy (non-hydrogen) atoms. The molecule has 1 aliphatic carbocycles. The summed E-state index contributed by atoms with van der Waals surface area (Å²) in [5.41, 5.74) is 0.863. The zero-order chi connectivity index (χ0) is 15.5. The van der Waals surface area contributed by atoms with Crippen LogP contribution in [0.4, 0.5) is 0 Å². The van der Waals surface area contributed by atoms with Crippen molar-refractivity contribution < 1.29 is 14.3 Å². The second-order valence-corrected chi connectivity index (χ2v) is 6.31. The molecule has 1 unspecified atom stereocenters. The van der Waals surface area contributed by atoms with Gasteiger partial charge in [0.15, 0.2) is 5.65 Å². The monoisotopic (exact) mass is 321 g/mol. The van der Waals surface area contributed by atoms with E-state index in [-0.39, 0.29) is 18.0 Å². The van der Waals surface area contributed by atoms with E-state index in [2.05, 4.69) is 16.7 Å². The molecule has 2 aromatic rings. The smallest absolute Gasteiger partial charge is 0.308 e. The minimum Gasteiger partial charge on any atom is -0.490 e. The van der Waals surface area contributed by atoms with E-state index in [1.54, 1.807) is 6.20 Å². The van der Waals surface area contributed by atoms with Gasteiger partial charge in [-0.25, -0.2) is 9.44 Å². The Hall–Kier alpha value is -1.68. The van der Waals surface area contributed by atoms with E-state index in [1.807, 2.05) is 16.7 Å². The summed E-state index contributed by atoms with van der Waals surface area (Å²) >= 11 is 0. The Morgan fingerprint density at radius 3 is 2.82 bits per heavy atom. The van der Waals surface area contributed by atoms with Gasteiger partial charge in [0.1, 0.15) is 5.75 Å². The van der Waals surface area contributed by atoms with Crippen LogP contribution in [0.3, 0.4) is 0 Å². The standard InChI is InChI=1S/C15H20N3O3P/c1-20-15(19)10-3-5-11(6-4-10)21-13-7-8-16-14-12(13)9-17-18(14)22-2/h7-11,22H,3-6H2,1-2H3/t10-,11+. The van der Waals surface area contributed by atoms with Crippen molar-refractivity contribution in [3.05, 3.63) is 18.5 Å². The largest absolute Gasteiger partial charge is 0.490 e. The van der Waals surface area contributed by atoms with E-state index in [9.17, 15) is 4.79 Å². The lowest BCUT2D eigenvalue weighted by Gasteiger charge is -2.27. The third kappa shape index (κ3) is 2.93. The molecular formula is C15H20N3O3P. The van der Waals surface area contributed by atoms with Crippen LogP contribution in [0.1, 0.15) is 25.7 Å². The minimum absolute atomic E-state index is 0.0198. The number of methoxy groups -OCH3 is 1. The third-order valence-corrected chi connectivity index (χ3v) is 4.90. The Morgan fingerprint density at radius 2 is 2.14 bits per heavy atom. The lowest BCUT2D eigenvalue weighted by atomic mass is 9.87. The second-order valence-electron chi connectivity index (χ2n) is 5.44. The van der Waals surface area contributed by atoms with Gasteiger partial charge in [0.25, 0.3) is 0 Å². The molecule has 1 fully saturated rings. The Bertz CT molecular complexity index is 665. The van der Waals surface area contributed by atoms with Gasteiger partial charge in [0.2, 0.25) is 0 Å². The lowest BCUT2D eigenvalue weighted by molar-refractivity contribution is -0.147. The predicted octanol–water partition coefficient (Wildman–Crippen LogP) is 2.61. The molecule has 1 atom stereocenters. The van der Waals surface area contributed by atoms with Crippen LogP contribution >= 0.6 is 8.73 Å². The first-order valence-electron chi connectivity index (χ1n) is 7.48. The van der Waals surface area contributed by atoms with Gasteiger partial charge in [-0.3, -0.25) is 4.79 Å². The Labute approximate surface area is 131 Å². The summed E-state index contributed by atoms with van der Waals surface area (Å²) in [6.45, 7) is 2.07. The molecule has 0 radical (unpaired) electrons. The first-order valence-corrected chi connectivity index (χ1v) is 8.92. The van der Waals surface area contributed by atoms with Gasteiger partial charge in [-0.1, -0.05) is 0 Å². The molecule has 0 amide bonds. The number of esters is 1. The van der Waals surface area contributed by atoms with Crippen molar-refractivity contribution in [1.82, 2.24) is 14.5 Å². The Kier molecular flexibility index (Phi) is 4.57. The average Bonchev–Trinajstić information content (AvgIpc) is 2.99. The first kappa shape index (κ1) is 15.2. The van der Waals surface area contributed by atoms with Crippen molar-refractivity contribution in [2.45, 2.75) is 31.8 Å². The van der Waals surface area contributed by atoms with E-state index < -0.39 is 0 Å². The Balaban J connectivity index is 1.70. The molecule has 0 spiro atoms. The topological polar surface area (TPSA) is 66.2 Å². The number of pyridine rings is 1. The van der Waals surface area contributed by atoms with Crippen LogP contribution in [0.2, 0.25) is 0 Å². The maximum atomic E-state index is 11.6. The van der Waals surface area contributed by atoms with Gasteiger partial charge in [-0.15, -0.1) is 0 Å². The SMILES string of the molecule is COC(=O)[C@H]1CC[C@@H](Oc2ccnc3c2cnn3PC)CC1. The van der Waals surface area contributed by atoms with E-state index >= 15 is 0 Å². The number of carbonyl (C=O) groups is 1. The van der Waals surface area contributed by atoms with Gasteiger partial charge >= 0.3 is 5.97 Å². The van der Waals surface area contributed by atoms with Crippen molar-refractivity contribution in [2.75, 3.05) is 13.8 Å². The minimum atomic E-state index is -0.102. The maximum Gasteiger partial charge on any atom is 0.308 e. The normalized spacial score (nSPS) is 22.3. The van der Waals surface area contributed by atoms with Crippen LogP contribution in [-0.4, -0.2) is 40.4 Å². The number of nitrogens with zero attached hydrogens (tertiary/aromatic N) is 3. The molecule has 0 bridgehead atoms. The fourth-order valence-corrected chi connectivity index (χ4v) is 3.50. The number of hydrogen-bond donors (Lipinski definition) is 0. The molecule has 7 heteroatoms. The second kappa shape index (κ2) is 6.61. The molecule has 2 heterocycles. The van der Waals surface area contributed by atoms with Gasteiger partial charge in [0.05, 0.1) is 30.7 Å². The summed E-state index contributed by atoms with van der Waals surface area (Å²) in [5.74, 6) is 0.748. The fraction of sp³-hybridized carbons (Fsp3) is 0.533. The predicted molar refractivity (Wildman–Crippen MR) is 85.6 cm³/mol. The van der Waals surface area contributed by atoms with Gasteiger partial charge in [-0.2, -0.15) is 5.10 Å². The summed E-state index contributed by atoms with van der Waals surface area (Å²) < 4.78 is 12.8. The van der Waals surface area contributed by atoms with E-state index in [0.717, 1.165) is 42.5 Å². The van der Waals surface area contributed by atoms with Crippen LogP contribution in [0.15, 0.2) is 18.5 Å². The number of rotatable bonds is 4. The van der Waals surface area contributed by atoms with Crippen molar-refractivity contribution in [3.63, 3.8) is 0 Å². The highest BCUT2D eigenvalue weighted by atomic mass is 31.1. The third-order valence-electron chi connectivity index (χ3n) is 4.15. The average molecular weight is 321 g/mol. The van der Waals surface area contributed by atoms with Crippen LogP contribution < -0.4 is 4.74 Å². The van der Waals surface area contributed by atoms with Crippen LogP contribution in [0.25, 0.3) is 11.0 Å². The van der Waals surface area contributed by atoms with E-state index in [1.165, 1.54) is 7.11 Å². The molecule has 2 aromatic heterocycles. The summed E-state index contributed by atoms with van der Waals surface area (Å²) in [6.07, 6.45) is 7.09. The molecule has 0 aromatic carbocycles. The van der Waals surface area contributed by atoms with Crippen molar-refractivity contribution >= 4 is 25.7 Å². The molecule has 0 saturated heterocycles. The molecule has 3 rings (SSSR count). The summed E-state index contributed by atoms with van der Waals surface area (Å²) in [4.78, 5) is 15.9. The fourth-order valence-electron chi connectivity index (χ4n) is 2.93. The van der Waals surface area contributed by atoms with Gasteiger partial charge in [0, 0.05) is 14.9 Å². The van der Waals surface area contributed by atoms with Crippen molar-refractivity contribution in [3.8, 4) is 5.75 Å². The first-order chi connectivity index (χ1) is 10.7. The molecule has 1 aliphatic rings. The summed E-state index contributed by atoms with van der Waals surface area (Å²) in [5, 5.41) is 5.29. The quantitative estimate of drug-likeness (QED) is 0.640. The number of carbonyl (C=O) groups excluding carboxylic acids is 1. The number of ether oxygens (including phenoxy) is 2. The van der Waals surface area contributed by atoms with Crippen molar-refractivity contribution in [2.24, 2.45) is 5.92 Å². The molecule has 118 valence electrons. The number of aromatic nitrogens is 3. The van der Waals surface area contributed by atoms with Crippen molar-refractivity contribution in [1.29, 1.82) is 0 Å². The number of hydrogen-bond acceptors (Lipinski definition) is 5. The highest BCUT2D eigenvalue weighted by Gasteiger charge is 2.28. The molecule has 1 saturated carbocycles. The van der Waals surface area contributed by atoms with Crippen LogP contribution in [0.5, 0.6) is 5.75 Å². The van der Waals surface area contributed by atoms with E-state index in [4.69, 9.17) is 9.47 Å². The Morgan fingerprint density at radius 1 is 1.36 bits per heavy atom. The molecular weight excluding hydrogens is 301 g/mol. The lowest BCUT2D eigenvalue weighted by Crippen LogP contribution is -2.28. The maximum absolute atomic E-state index is 11.6. The zero-order valence-corrected chi connectivity index (χ0v) is 13.8. The van der Waals surface area contributed by atoms with E-state index in [0.29, 0.717) is 8.73 Å². The van der Waals surface area contributed by atoms with Crippen LogP contribution in [-0.2, 0) is 9.53 Å². The summed E-state index contributed by atoms with van der Waals surface area (Å²) in [6, 6.07) is 1.89. The summed E-state index contributed by atoms with van der Waals surface area (Å²) in [7, 11) is 1.99. The molecule has 6 nitrogen and oxygen atoms in total. The number of fused-ring (bicyclic) bond motifs is 1.